The van der Waals surface area contributed by atoms with Crippen molar-refractivity contribution in [1.82, 2.24) is 10.2 Å². The van der Waals surface area contributed by atoms with Crippen LogP contribution in [0.2, 0.25) is 0 Å². The van der Waals surface area contributed by atoms with Crippen LogP contribution in [0.1, 0.15) is 40.5 Å². The van der Waals surface area contributed by atoms with Gasteiger partial charge in [-0.05, 0) is 40.2 Å². The summed E-state index contributed by atoms with van der Waals surface area (Å²) < 4.78 is 5.32. The lowest BCUT2D eigenvalue weighted by molar-refractivity contribution is -0.156. The van der Waals surface area contributed by atoms with Crippen molar-refractivity contribution >= 4 is 12.1 Å². The molecule has 6 heteroatoms. The van der Waals surface area contributed by atoms with Gasteiger partial charge in [-0.1, -0.05) is 6.92 Å². The van der Waals surface area contributed by atoms with Gasteiger partial charge in [0.25, 0.3) is 0 Å². The van der Waals surface area contributed by atoms with Crippen LogP contribution in [0.15, 0.2) is 0 Å². The van der Waals surface area contributed by atoms with Gasteiger partial charge in [-0.2, -0.15) is 0 Å². The lowest BCUT2D eigenvalue weighted by Gasteiger charge is -2.46. The highest BCUT2D eigenvalue weighted by Crippen LogP contribution is 2.34. The molecule has 0 aromatic carbocycles. The number of piperidine rings is 1. The number of carboxylic acid groups (broad SMARTS) is 1. The molecule has 2 N–H and O–H groups in total. The van der Waals surface area contributed by atoms with Gasteiger partial charge in [-0.3, -0.25) is 4.90 Å². The van der Waals surface area contributed by atoms with Gasteiger partial charge in [0.15, 0.2) is 0 Å². The van der Waals surface area contributed by atoms with Crippen LogP contribution in [-0.2, 0) is 9.53 Å². The number of hydrogen-bond donors (Lipinski definition) is 2. The van der Waals surface area contributed by atoms with Crippen molar-refractivity contribution in [3.8, 4) is 0 Å². The third kappa shape index (κ3) is 3.23. The minimum atomic E-state index is -1.19. The summed E-state index contributed by atoms with van der Waals surface area (Å²) in [6, 6.07) is 0. The van der Waals surface area contributed by atoms with Crippen LogP contribution in [0.4, 0.5) is 4.79 Å². The van der Waals surface area contributed by atoms with Crippen LogP contribution in [0, 0.1) is 5.92 Å². The van der Waals surface area contributed by atoms with E-state index in [-0.39, 0.29) is 5.92 Å². The second-order valence-electron chi connectivity index (χ2n) is 6.33. The standard InChI is InChI=1S/C14H26N2O4/c1-6-10-9-15-8-7-14(10,11(17)18)16(5)12(19)20-13(2,3)4/h10,15H,6-9H2,1-5H3,(H,17,18). The van der Waals surface area contributed by atoms with E-state index < -0.39 is 23.2 Å². The molecule has 1 heterocycles. The molecule has 1 aliphatic heterocycles. The molecule has 0 aromatic rings. The van der Waals surface area contributed by atoms with E-state index in [1.807, 2.05) is 6.92 Å². The maximum Gasteiger partial charge on any atom is 0.411 e. The third-order valence-corrected chi connectivity index (χ3v) is 3.88. The van der Waals surface area contributed by atoms with Gasteiger partial charge in [0.05, 0.1) is 0 Å². The molecule has 6 nitrogen and oxygen atoms in total. The topological polar surface area (TPSA) is 78.9 Å². The molecule has 116 valence electrons. The number of aliphatic carboxylic acids is 1. The Morgan fingerprint density at radius 3 is 2.50 bits per heavy atom. The predicted molar refractivity (Wildman–Crippen MR) is 75.6 cm³/mol. The van der Waals surface area contributed by atoms with Gasteiger partial charge in [0.2, 0.25) is 0 Å². The van der Waals surface area contributed by atoms with Gasteiger partial charge < -0.3 is 15.2 Å². The number of carboxylic acids is 1. The number of rotatable bonds is 3. The zero-order valence-corrected chi connectivity index (χ0v) is 13.0. The first-order chi connectivity index (χ1) is 9.15. The van der Waals surface area contributed by atoms with Crippen LogP contribution in [-0.4, -0.2) is 53.3 Å². The molecule has 0 radical (unpaired) electrons. The molecule has 2 unspecified atom stereocenters. The highest BCUT2D eigenvalue weighted by atomic mass is 16.6. The summed E-state index contributed by atoms with van der Waals surface area (Å²) in [5.74, 6) is -1.09. The number of ether oxygens (including phenoxy) is 1. The van der Waals surface area contributed by atoms with Gasteiger partial charge in [-0.15, -0.1) is 0 Å². The minimum Gasteiger partial charge on any atom is -0.479 e. The fourth-order valence-electron chi connectivity index (χ4n) is 2.77. The highest BCUT2D eigenvalue weighted by Gasteiger charge is 2.52. The van der Waals surface area contributed by atoms with E-state index in [4.69, 9.17) is 4.74 Å². The first kappa shape index (κ1) is 16.8. The van der Waals surface area contributed by atoms with E-state index in [0.29, 0.717) is 25.9 Å². The molecule has 1 rings (SSSR count). The second-order valence-corrected chi connectivity index (χ2v) is 6.33. The number of hydrogen-bond acceptors (Lipinski definition) is 4. The minimum absolute atomic E-state index is 0.133. The van der Waals surface area contributed by atoms with Crippen molar-refractivity contribution in [2.75, 3.05) is 20.1 Å². The predicted octanol–water partition coefficient (Wildman–Crippen LogP) is 1.70. The molecule has 1 aliphatic rings. The third-order valence-electron chi connectivity index (χ3n) is 3.88. The van der Waals surface area contributed by atoms with Crippen LogP contribution >= 0.6 is 0 Å². The maximum absolute atomic E-state index is 12.2. The average molecular weight is 286 g/mol. The highest BCUT2D eigenvalue weighted by molar-refractivity contribution is 5.85. The molecule has 1 amide bonds. The normalized spacial score (nSPS) is 26.9. The lowest BCUT2D eigenvalue weighted by atomic mass is 9.76. The number of carbonyl (C=O) groups is 2. The average Bonchev–Trinajstić information content (AvgIpc) is 2.35. The molecule has 1 fully saturated rings. The molecule has 1 saturated heterocycles. The summed E-state index contributed by atoms with van der Waals surface area (Å²) in [6.07, 6.45) is 0.489. The number of carbonyl (C=O) groups excluding carboxylic acids is 1. The van der Waals surface area contributed by atoms with Crippen molar-refractivity contribution < 1.29 is 19.4 Å². The van der Waals surface area contributed by atoms with E-state index in [1.54, 1.807) is 20.8 Å². The Balaban J connectivity index is 3.05. The monoisotopic (exact) mass is 286 g/mol. The van der Waals surface area contributed by atoms with Gasteiger partial charge in [0, 0.05) is 19.5 Å². The Labute approximate surface area is 120 Å². The van der Waals surface area contributed by atoms with Crippen molar-refractivity contribution in [1.29, 1.82) is 0 Å². The van der Waals surface area contributed by atoms with Crippen molar-refractivity contribution in [2.45, 2.75) is 51.7 Å². The first-order valence-corrected chi connectivity index (χ1v) is 7.06. The molecular weight excluding hydrogens is 260 g/mol. The SMILES string of the molecule is CCC1CNCCC1(C(=O)O)N(C)C(=O)OC(C)(C)C. The van der Waals surface area contributed by atoms with Crippen molar-refractivity contribution in [2.24, 2.45) is 5.92 Å². The van der Waals surface area contributed by atoms with E-state index in [2.05, 4.69) is 5.32 Å². The van der Waals surface area contributed by atoms with E-state index in [1.165, 1.54) is 11.9 Å². The molecule has 0 saturated carbocycles. The quantitative estimate of drug-likeness (QED) is 0.825. The summed E-state index contributed by atoms with van der Waals surface area (Å²) in [5.41, 5.74) is -1.83. The van der Waals surface area contributed by atoms with Crippen molar-refractivity contribution in [3.05, 3.63) is 0 Å². The van der Waals surface area contributed by atoms with Crippen LogP contribution < -0.4 is 5.32 Å². The molecule has 2 atom stereocenters. The summed E-state index contributed by atoms with van der Waals surface area (Å²) in [7, 11) is 1.52. The second kappa shape index (κ2) is 5.99. The Kier molecular flexibility index (Phi) is 5.02. The maximum atomic E-state index is 12.2. The molecule has 0 aromatic heterocycles. The van der Waals surface area contributed by atoms with E-state index >= 15 is 0 Å². The Hall–Kier alpha value is -1.30. The van der Waals surface area contributed by atoms with Crippen LogP contribution in [0.3, 0.4) is 0 Å². The number of likely N-dealkylation sites (N-methyl/N-ethyl adjacent to an activating group) is 1. The Morgan fingerprint density at radius 1 is 1.45 bits per heavy atom. The van der Waals surface area contributed by atoms with Gasteiger partial charge in [-0.25, -0.2) is 9.59 Å². The van der Waals surface area contributed by atoms with E-state index in [0.717, 1.165) is 0 Å². The fraction of sp³-hybridized carbons (Fsp3) is 0.857. The van der Waals surface area contributed by atoms with E-state index in [9.17, 15) is 14.7 Å². The largest absolute Gasteiger partial charge is 0.479 e. The number of nitrogens with one attached hydrogen (secondary N) is 1. The first-order valence-electron chi connectivity index (χ1n) is 7.06. The fourth-order valence-corrected chi connectivity index (χ4v) is 2.77. The van der Waals surface area contributed by atoms with Crippen LogP contribution in [0.5, 0.6) is 0 Å². The Bertz CT molecular complexity index is 378. The Morgan fingerprint density at radius 2 is 2.05 bits per heavy atom. The lowest BCUT2D eigenvalue weighted by Crippen LogP contribution is -2.65. The van der Waals surface area contributed by atoms with Gasteiger partial charge >= 0.3 is 12.1 Å². The molecular formula is C14H26N2O4. The zero-order valence-electron chi connectivity index (χ0n) is 13.0. The molecule has 0 aliphatic carbocycles. The molecule has 0 spiro atoms. The van der Waals surface area contributed by atoms with Crippen molar-refractivity contribution in [3.63, 3.8) is 0 Å². The summed E-state index contributed by atoms with van der Waals surface area (Å²) >= 11 is 0. The van der Waals surface area contributed by atoms with Crippen LogP contribution in [0.25, 0.3) is 0 Å². The number of amides is 1. The van der Waals surface area contributed by atoms with Gasteiger partial charge in [0.1, 0.15) is 11.1 Å². The summed E-state index contributed by atoms with van der Waals surface area (Å²) in [6.45, 7) is 8.42. The molecule has 0 bridgehead atoms. The smallest absolute Gasteiger partial charge is 0.411 e. The zero-order chi connectivity index (χ0) is 15.6. The summed E-state index contributed by atoms with van der Waals surface area (Å²) in [5, 5.41) is 12.9. The molecule has 20 heavy (non-hydrogen) atoms. The summed E-state index contributed by atoms with van der Waals surface area (Å²) in [4.78, 5) is 25.4. The number of nitrogens with zero attached hydrogens (tertiary/aromatic N) is 1.